The number of furan rings is 1. The van der Waals surface area contributed by atoms with Crippen LogP contribution < -0.4 is 5.32 Å². The Kier molecular flexibility index (Phi) is 2.99. The van der Waals surface area contributed by atoms with E-state index in [2.05, 4.69) is 14.9 Å². The molecule has 4 rings (SSSR count). The maximum absolute atomic E-state index is 12.4. The number of aromatic nitrogens is 2. The SMILES string of the molecule is Cc1cn2c(n1)CCC(NC(=O)c1cc3ccccc3o1)C2. The van der Waals surface area contributed by atoms with Crippen LogP contribution in [0.4, 0.5) is 0 Å². The number of amides is 1. The smallest absolute Gasteiger partial charge is 0.287 e. The third-order valence-electron chi connectivity index (χ3n) is 4.10. The lowest BCUT2D eigenvalue weighted by Gasteiger charge is -2.24. The Bertz CT molecular complexity index is 814. The lowest BCUT2D eigenvalue weighted by atomic mass is 10.1. The summed E-state index contributed by atoms with van der Waals surface area (Å²) >= 11 is 0. The number of nitrogens with zero attached hydrogens (tertiary/aromatic N) is 2. The van der Waals surface area contributed by atoms with Crippen LogP contribution in [-0.4, -0.2) is 21.5 Å². The number of para-hydroxylation sites is 1. The van der Waals surface area contributed by atoms with Crippen molar-refractivity contribution in [2.24, 2.45) is 0 Å². The Morgan fingerprint density at radius 3 is 3.14 bits per heavy atom. The zero-order valence-electron chi connectivity index (χ0n) is 12.4. The van der Waals surface area contributed by atoms with E-state index in [1.807, 2.05) is 37.4 Å². The van der Waals surface area contributed by atoms with Crippen molar-refractivity contribution in [2.75, 3.05) is 0 Å². The first-order valence-corrected chi connectivity index (χ1v) is 7.51. The van der Waals surface area contributed by atoms with Gasteiger partial charge in [0, 0.05) is 30.6 Å². The van der Waals surface area contributed by atoms with Crippen molar-refractivity contribution in [2.45, 2.75) is 32.4 Å². The van der Waals surface area contributed by atoms with Crippen molar-refractivity contribution in [3.8, 4) is 0 Å². The van der Waals surface area contributed by atoms with Crippen LogP contribution in [0, 0.1) is 6.92 Å². The molecular weight excluding hydrogens is 278 g/mol. The fourth-order valence-corrected chi connectivity index (χ4v) is 3.05. The second-order valence-corrected chi connectivity index (χ2v) is 5.81. The first kappa shape index (κ1) is 13.1. The van der Waals surface area contributed by atoms with Gasteiger partial charge in [0.2, 0.25) is 0 Å². The van der Waals surface area contributed by atoms with E-state index in [9.17, 15) is 4.79 Å². The molecule has 1 aromatic carbocycles. The second kappa shape index (κ2) is 5.02. The van der Waals surface area contributed by atoms with Crippen molar-refractivity contribution in [3.05, 3.63) is 53.8 Å². The molecule has 0 saturated heterocycles. The van der Waals surface area contributed by atoms with Gasteiger partial charge in [-0.05, 0) is 25.5 Å². The molecule has 1 unspecified atom stereocenters. The maximum atomic E-state index is 12.4. The Hall–Kier alpha value is -2.56. The third kappa shape index (κ3) is 2.28. The molecule has 5 heteroatoms. The molecule has 3 heterocycles. The lowest BCUT2D eigenvalue weighted by molar-refractivity contribution is 0.0901. The Morgan fingerprint density at radius 1 is 1.41 bits per heavy atom. The molecule has 1 aliphatic heterocycles. The van der Waals surface area contributed by atoms with Gasteiger partial charge in [-0.15, -0.1) is 0 Å². The van der Waals surface area contributed by atoms with E-state index < -0.39 is 0 Å². The van der Waals surface area contributed by atoms with Crippen LogP contribution in [-0.2, 0) is 13.0 Å². The lowest BCUT2D eigenvalue weighted by Crippen LogP contribution is -2.40. The number of hydrogen-bond donors (Lipinski definition) is 1. The molecule has 2 aromatic heterocycles. The van der Waals surface area contributed by atoms with Gasteiger partial charge in [0.25, 0.3) is 5.91 Å². The van der Waals surface area contributed by atoms with Crippen LogP contribution >= 0.6 is 0 Å². The van der Waals surface area contributed by atoms with Gasteiger partial charge in [-0.3, -0.25) is 4.79 Å². The maximum Gasteiger partial charge on any atom is 0.287 e. The van der Waals surface area contributed by atoms with Crippen LogP contribution in [0.3, 0.4) is 0 Å². The van der Waals surface area contributed by atoms with E-state index >= 15 is 0 Å². The van der Waals surface area contributed by atoms with E-state index in [-0.39, 0.29) is 11.9 Å². The molecule has 112 valence electrons. The summed E-state index contributed by atoms with van der Waals surface area (Å²) < 4.78 is 7.74. The zero-order valence-corrected chi connectivity index (χ0v) is 12.4. The summed E-state index contributed by atoms with van der Waals surface area (Å²) in [5, 5.41) is 4.01. The number of fused-ring (bicyclic) bond motifs is 2. The van der Waals surface area contributed by atoms with Crippen molar-refractivity contribution in [1.82, 2.24) is 14.9 Å². The van der Waals surface area contributed by atoms with Crippen molar-refractivity contribution < 1.29 is 9.21 Å². The number of rotatable bonds is 2. The van der Waals surface area contributed by atoms with Crippen molar-refractivity contribution >= 4 is 16.9 Å². The molecule has 1 amide bonds. The summed E-state index contributed by atoms with van der Waals surface area (Å²) in [6.07, 6.45) is 3.83. The first-order chi connectivity index (χ1) is 10.7. The Balaban J connectivity index is 1.50. The average molecular weight is 295 g/mol. The number of nitrogens with one attached hydrogen (secondary N) is 1. The quantitative estimate of drug-likeness (QED) is 0.790. The normalized spacial score (nSPS) is 17.4. The van der Waals surface area contributed by atoms with E-state index in [0.29, 0.717) is 5.76 Å². The molecule has 1 atom stereocenters. The highest BCUT2D eigenvalue weighted by Gasteiger charge is 2.23. The fourth-order valence-electron chi connectivity index (χ4n) is 3.05. The van der Waals surface area contributed by atoms with Gasteiger partial charge < -0.3 is 14.3 Å². The molecule has 1 N–H and O–H groups in total. The monoisotopic (exact) mass is 295 g/mol. The Labute approximate surface area is 127 Å². The summed E-state index contributed by atoms with van der Waals surface area (Å²) in [4.78, 5) is 16.9. The van der Waals surface area contributed by atoms with Crippen molar-refractivity contribution in [3.63, 3.8) is 0 Å². The minimum Gasteiger partial charge on any atom is -0.451 e. The highest BCUT2D eigenvalue weighted by Crippen LogP contribution is 2.20. The van der Waals surface area contributed by atoms with Crippen LogP contribution in [0.15, 0.2) is 40.9 Å². The van der Waals surface area contributed by atoms with Crippen molar-refractivity contribution in [1.29, 1.82) is 0 Å². The van der Waals surface area contributed by atoms with Gasteiger partial charge >= 0.3 is 0 Å². The van der Waals surface area contributed by atoms with Gasteiger partial charge in [-0.2, -0.15) is 0 Å². The molecule has 1 aliphatic rings. The minimum atomic E-state index is -0.151. The molecule has 3 aromatic rings. The predicted octanol–water partition coefficient (Wildman–Crippen LogP) is 2.68. The standard InChI is InChI=1S/C17H17N3O2/c1-11-9-20-10-13(6-7-16(20)18-11)19-17(21)15-8-12-4-2-3-5-14(12)22-15/h2-5,8-9,13H,6-7,10H2,1H3,(H,19,21). The highest BCUT2D eigenvalue weighted by molar-refractivity contribution is 5.96. The fraction of sp³-hybridized carbons (Fsp3) is 0.294. The topological polar surface area (TPSA) is 60.1 Å². The molecule has 0 bridgehead atoms. The molecule has 0 spiro atoms. The van der Waals surface area contributed by atoms with Crippen LogP contribution in [0.25, 0.3) is 11.0 Å². The molecule has 22 heavy (non-hydrogen) atoms. The number of hydrogen-bond acceptors (Lipinski definition) is 3. The van der Waals surface area contributed by atoms with Crippen LogP contribution in [0.5, 0.6) is 0 Å². The second-order valence-electron chi connectivity index (χ2n) is 5.81. The van der Waals surface area contributed by atoms with Gasteiger partial charge in [-0.1, -0.05) is 18.2 Å². The first-order valence-electron chi connectivity index (χ1n) is 7.51. The summed E-state index contributed by atoms with van der Waals surface area (Å²) in [6.45, 7) is 2.76. The zero-order chi connectivity index (χ0) is 15.1. The summed E-state index contributed by atoms with van der Waals surface area (Å²) in [5.74, 6) is 1.32. The van der Waals surface area contributed by atoms with Gasteiger partial charge in [0.05, 0.1) is 5.69 Å². The average Bonchev–Trinajstić information content (AvgIpc) is 3.08. The molecule has 0 fully saturated rings. The molecule has 5 nitrogen and oxygen atoms in total. The summed E-state index contributed by atoms with van der Waals surface area (Å²) in [7, 11) is 0. The number of benzene rings is 1. The van der Waals surface area contributed by atoms with Gasteiger partial charge in [-0.25, -0.2) is 4.98 Å². The highest BCUT2D eigenvalue weighted by atomic mass is 16.3. The van der Waals surface area contributed by atoms with Gasteiger partial charge in [0.15, 0.2) is 5.76 Å². The molecule has 0 saturated carbocycles. The van der Waals surface area contributed by atoms with E-state index in [0.717, 1.165) is 41.9 Å². The molecule has 0 aliphatic carbocycles. The molecular formula is C17H17N3O2. The van der Waals surface area contributed by atoms with E-state index in [4.69, 9.17) is 4.42 Å². The number of imidazole rings is 1. The summed E-state index contributed by atoms with van der Waals surface area (Å²) in [6, 6.07) is 9.55. The Morgan fingerprint density at radius 2 is 2.27 bits per heavy atom. The van der Waals surface area contributed by atoms with E-state index in [1.165, 1.54) is 0 Å². The number of aryl methyl sites for hydroxylation is 2. The molecule has 0 radical (unpaired) electrons. The third-order valence-corrected chi connectivity index (χ3v) is 4.10. The summed E-state index contributed by atoms with van der Waals surface area (Å²) in [5.41, 5.74) is 1.77. The van der Waals surface area contributed by atoms with E-state index in [1.54, 1.807) is 6.07 Å². The largest absolute Gasteiger partial charge is 0.451 e. The van der Waals surface area contributed by atoms with Crippen LogP contribution in [0.1, 0.15) is 28.5 Å². The number of carbonyl (C=O) groups excluding carboxylic acids is 1. The van der Waals surface area contributed by atoms with Crippen LogP contribution in [0.2, 0.25) is 0 Å². The van der Waals surface area contributed by atoms with Gasteiger partial charge in [0.1, 0.15) is 11.4 Å². The number of carbonyl (C=O) groups is 1. The minimum absolute atomic E-state index is 0.113. The predicted molar refractivity (Wildman–Crippen MR) is 82.8 cm³/mol.